The third-order valence-corrected chi connectivity index (χ3v) is 1.06. The molecule has 0 aromatic heterocycles. The molecule has 3 heteroatoms. The smallest absolute Gasteiger partial charge is 0.175 e. The van der Waals surface area contributed by atoms with Gasteiger partial charge in [-0.2, -0.15) is 5.26 Å². The van der Waals surface area contributed by atoms with E-state index in [1.165, 1.54) is 7.11 Å². The number of carbonyl (C=O) groups excluding carboxylic acids is 1. The van der Waals surface area contributed by atoms with E-state index in [1.807, 2.05) is 0 Å². The molecule has 0 spiro atoms. The lowest BCUT2D eigenvalue weighted by atomic mass is 10.2. The molecule has 0 fully saturated rings. The molecule has 0 bridgehead atoms. The quantitative estimate of drug-likeness (QED) is 0.554. The highest BCUT2D eigenvalue weighted by Crippen LogP contribution is 1.92. The second-order valence-corrected chi connectivity index (χ2v) is 1.68. The van der Waals surface area contributed by atoms with Gasteiger partial charge in [0.25, 0.3) is 0 Å². The molecule has 0 aromatic carbocycles. The monoisotopic (exact) mass is 127 g/mol. The zero-order chi connectivity index (χ0) is 7.28. The van der Waals surface area contributed by atoms with Gasteiger partial charge in [-0.05, 0) is 6.92 Å². The van der Waals surface area contributed by atoms with Gasteiger partial charge in [-0.3, -0.25) is 4.79 Å². The van der Waals surface area contributed by atoms with Gasteiger partial charge >= 0.3 is 0 Å². The Labute approximate surface area is 54.2 Å². The van der Waals surface area contributed by atoms with E-state index >= 15 is 0 Å². The molecule has 0 heterocycles. The Balaban J connectivity index is 3.62. The Morgan fingerprint density at radius 1 is 1.89 bits per heavy atom. The minimum atomic E-state index is -0.440. The highest BCUT2D eigenvalue weighted by Gasteiger charge is 2.09. The van der Waals surface area contributed by atoms with Crippen LogP contribution in [0.3, 0.4) is 0 Å². The van der Waals surface area contributed by atoms with Crippen LogP contribution < -0.4 is 0 Å². The van der Waals surface area contributed by atoms with Crippen molar-refractivity contribution in [2.75, 3.05) is 7.11 Å². The van der Waals surface area contributed by atoms with Crippen LogP contribution in [0.2, 0.25) is 0 Å². The molecule has 0 rings (SSSR count). The molecule has 0 aromatic rings. The van der Waals surface area contributed by atoms with Crippen LogP contribution in [0.15, 0.2) is 0 Å². The molecule has 0 N–H and O–H groups in total. The molecule has 0 aliphatic carbocycles. The number of rotatable bonds is 3. The van der Waals surface area contributed by atoms with E-state index in [1.54, 1.807) is 13.0 Å². The van der Waals surface area contributed by atoms with E-state index in [-0.39, 0.29) is 12.2 Å². The Kier molecular flexibility index (Phi) is 3.65. The van der Waals surface area contributed by atoms with Crippen molar-refractivity contribution in [1.29, 1.82) is 5.26 Å². The van der Waals surface area contributed by atoms with Gasteiger partial charge in [0.15, 0.2) is 5.78 Å². The molecule has 50 valence electrons. The number of Topliss-reactive ketones (excluding diaryl/α,β-unsaturated/α-hetero) is 1. The molecular weight excluding hydrogens is 118 g/mol. The summed E-state index contributed by atoms with van der Waals surface area (Å²) in [5.74, 6) is -0.167. The summed E-state index contributed by atoms with van der Waals surface area (Å²) in [5.41, 5.74) is 0. The fourth-order valence-electron chi connectivity index (χ4n) is 0.353. The summed E-state index contributed by atoms with van der Waals surface area (Å²) in [6.45, 7) is 1.62. The van der Waals surface area contributed by atoms with Gasteiger partial charge in [-0.15, -0.1) is 0 Å². The molecule has 3 nitrogen and oxygen atoms in total. The first-order valence-electron chi connectivity index (χ1n) is 2.64. The average molecular weight is 127 g/mol. The van der Waals surface area contributed by atoms with Crippen molar-refractivity contribution in [2.45, 2.75) is 19.4 Å². The van der Waals surface area contributed by atoms with Gasteiger partial charge in [-0.1, -0.05) is 0 Å². The summed E-state index contributed by atoms with van der Waals surface area (Å²) in [5, 5.41) is 8.05. The molecule has 0 aliphatic rings. The zero-order valence-corrected chi connectivity index (χ0v) is 5.55. The van der Waals surface area contributed by atoms with Crippen LogP contribution in [0.5, 0.6) is 0 Å². The molecule has 1 atom stereocenters. The van der Waals surface area contributed by atoms with Crippen LogP contribution in [0.4, 0.5) is 0 Å². The predicted molar refractivity (Wildman–Crippen MR) is 31.7 cm³/mol. The molecule has 0 amide bonds. The maximum absolute atomic E-state index is 10.6. The maximum atomic E-state index is 10.6. The van der Waals surface area contributed by atoms with Crippen molar-refractivity contribution < 1.29 is 9.53 Å². The van der Waals surface area contributed by atoms with E-state index in [0.29, 0.717) is 0 Å². The molecule has 9 heavy (non-hydrogen) atoms. The summed E-state index contributed by atoms with van der Waals surface area (Å²) in [6.07, 6.45) is -0.501. The van der Waals surface area contributed by atoms with Crippen LogP contribution in [0.25, 0.3) is 0 Å². The van der Waals surface area contributed by atoms with E-state index in [9.17, 15) is 4.79 Å². The second-order valence-electron chi connectivity index (χ2n) is 1.68. The van der Waals surface area contributed by atoms with Crippen molar-refractivity contribution in [2.24, 2.45) is 0 Å². The number of methoxy groups -OCH3 is 1. The number of carbonyl (C=O) groups is 1. The van der Waals surface area contributed by atoms with E-state index < -0.39 is 6.10 Å². The van der Waals surface area contributed by atoms with E-state index in [0.717, 1.165) is 0 Å². The maximum Gasteiger partial charge on any atom is 0.175 e. The first-order chi connectivity index (χ1) is 4.22. The first kappa shape index (κ1) is 8.12. The van der Waals surface area contributed by atoms with Crippen molar-refractivity contribution in [3.05, 3.63) is 0 Å². The van der Waals surface area contributed by atoms with Gasteiger partial charge in [0.2, 0.25) is 0 Å². The van der Waals surface area contributed by atoms with Gasteiger partial charge in [-0.25, -0.2) is 0 Å². The SMILES string of the molecule is COC(C)C(=O)CC#N. The van der Waals surface area contributed by atoms with Crippen LogP contribution in [0.1, 0.15) is 13.3 Å². The largest absolute Gasteiger partial charge is 0.374 e. The van der Waals surface area contributed by atoms with Crippen LogP contribution in [-0.2, 0) is 9.53 Å². The topological polar surface area (TPSA) is 50.1 Å². The lowest BCUT2D eigenvalue weighted by Gasteiger charge is -2.02. The van der Waals surface area contributed by atoms with Crippen molar-refractivity contribution in [3.8, 4) is 6.07 Å². The number of ether oxygens (including phenoxy) is 1. The van der Waals surface area contributed by atoms with Crippen molar-refractivity contribution in [1.82, 2.24) is 0 Å². The number of ketones is 1. The molecule has 0 saturated carbocycles. The fourth-order valence-corrected chi connectivity index (χ4v) is 0.353. The predicted octanol–water partition coefficient (Wildman–Crippen LogP) is 0.504. The molecular formula is C6H9NO2. The van der Waals surface area contributed by atoms with Crippen molar-refractivity contribution in [3.63, 3.8) is 0 Å². The Morgan fingerprint density at radius 2 is 2.44 bits per heavy atom. The number of nitrogens with zero attached hydrogens (tertiary/aromatic N) is 1. The summed E-state index contributed by atoms with van der Waals surface area (Å²) < 4.78 is 4.66. The van der Waals surface area contributed by atoms with Gasteiger partial charge < -0.3 is 4.74 Å². The van der Waals surface area contributed by atoms with Crippen LogP contribution in [-0.4, -0.2) is 19.0 Å². The first-order valence-corrected chi connectivity index (χ1v) is 2.64. The van der Waals surface area contributed by atoms with Gasteiger partial charge in [0.1, 0.15) is 6.10 Å². The minimum absolute atomic E-state index is 0.0605. The Bertz CT molecular complexity index is 136. The van der Waals surface area contributed by atoms with Crippen LogP contribution in [0, 0.1) is 11.3 Å². The minimum Gasteiger partial charge on any atom is -0.374 e. The summed E-state index contributed by atoms with van der Waals surface area (Å²) in [6, 6.07) is 1.75. The summed E-state index contributed by atoms with van der Waals surface area (Å²) in [7, 11) is 1.44. The fraction of sp³-hybridized carbons (Fsp3) is 0.667. The Morgan fingerprint density at radius 3 is 2.78 bits per heavy atom. The standard InChI is InChI=1S/C6H9NO2/c1-5(9-2)6(8)3-4-7/h5H,3H2,1-2H3. The molecule has 0 aliphatic heterocycles. The third-order valence-electron chi connectivity index (χ3n) is 1.06. The third kappa shape index (κ3) is 2.83. The second kappa shape index (κ2) is 4.04. The van der Waals surface area contributed by atoms with E-state index in [4.69, 9.17) is 5.26 Å². The highest BCUT2D eigenvalue weighted by molar-refractivity contribution is 5.84. The van der Waals surface area contributed by atoms with Crippen LogP contribution >= 0.6 is 0 Å². The number of nitriles is 1. The summed E-state index contributed by atoms with van der Waals surface area (Å²) in [4.78, 5) is 10.6. The summed E-state index contributed by atoms with van der Waals surface area (Å²) >= 11 is 0. The van der Waals surface area contributed by atoms with Gasteiger partial charge in [0, 0.05) is 7.11 Å². The molecule has 0 radical (unpaired) electrons. The average Bonchev–Trinajstić information content (AvgIpc) is 1.87. The number of hydrogen-bond donors (Lipinski definition) is 0. The zero-order valence-electron chi connectivity index (χ0n) is 5.55. The Hall–Kier alpha value is -0.880. The van der Waals surface area contributed by atoms with Crippen molar-refractivity contribution >= 4 is 5.78 Å². The van der Waals surface area contributed by atoms with Gasteiger partial charge in [0.05, 0.1) is 12.5 Å². The normalized spacial score (nSPS) is 12.1. The molecule has 1 unspecified atom stereocenters. The molecule has 0 saturated heterocycles. The highest BCUT2D eigenvalue weighted by atomic mass is 16.5. The number of hydrogen-bond acceptors (Lipinski definition) is 3. The van der Waals surface area contributed by atoms with E-state index in [2.05, 4.69) is 4.74 Å². The lowest BCUT2D eigenvalue weighted by Crippen LogP contribution is -2.17. The lowest BCUT2D eigenvalue weighted by molar-refractivity contribution is -0.126.